The number of carbonyl (C=O) groups excluding carboxylic acids is 1. The molecule has 0 radical (unpaired) electrons. The Bertz CT molecular complexity index is 227. The lowest BCUT2D eigenvalue weighted by atomic mass is 9.49. The second-order valence-corrected chi connectivity index (χ2v) is 3.53. The van der Waals surface area contributed by atoms with Crippen LogP contribution in [0.2, 0.25) is 0 Å². The van der Waals surface area contributed by atoms with E-state index in [1.54, 1.807) is 0 Å². The van der Waals surface area contributed by atoms with Crippen LogP contribution in [0.15, 0.2) is 0 Å². The van der Waals surface area contributed by atoms with Crippen molar-refractivity contribution >= 4 is 11.8 Å². The third-order valence-corrected chi connectivity index (χ3v) is 3.16. The quantitative estimate of drug-likeness (QED) is 0.608. The first kappa shape index (κ1) is 6.83. The second kappa shape index (κ2) is 1.84. The summed E-state index contributed by atoms with van der Waals surface area (Å²) in [5, 5.41) is 8.70. The lowest BCUT2D eigenvalue weighted by molar-refractivity contribution is -0.172. The van der Waals surface area contributed by atoms with Crippen molar-refractivity contribution in [2.24, 2.45) is 11.3 Å². The van der Waals surface area contributed by atoms with Gasteiger partial charge in [0.2, 0.25) is 0 Å². The number of hydrogen-bond acceptors (Lipinski definition) is 2. The van der Waals surface area contributed by atoms with Crippen molar-refractivity contribution in [1.82, 2.24) is 0 Å². The molecule has 1 unspecified atom stereocenters. The van der Waals surface area contributed by atoms with Gasteiger partial charge in [-0.15, -0.1) is 0 Å². The van der Waals surface area contributed by atoms with E-state index in [1.807, 2.05) is 0 Å². The minimum Gasteiger partial charge on any atom is -0.481 e. The second-order valence-electron chi connectivity index (χ2n) is 3.53. The zero-order valence-corrected chi connectivity index (χ0v) is 6.17. The highest BCUT2D eigenvalue weighted by Gasteiger charge is 2.60. The third kappa shape index (κ3) is 0.633. The van der Waals surface area contributed by atoms with Gasteiger partial charge in [0, 0.05) is 11.8 Å². The van der Waals surface area contributed by atoms with Crippen molar-refractivity contribution in [2.75, 3.05) is 0 Å². The Hall–Kier alpha value is -0.860. The molecule has 0 aliphatic heterocycles. The van der Waals surface area contributed by atoms with Crippen LogP contribution in [-0.2, 0) is 9.59 Å². The highest BCUT2D eigenvalue weighted by Crippen LogP contribution is 2.57. The normalized spacial score (nSPS) is 32.7. The summed E-state index contributed by atoms with van der Waals surface area (Å²) in [6.07, 6.45) is 2.91. The molecule has 2 aliphatic rings. The van der Waals surface area contributed by atoms with Gasteiger partial charge in [-0.05, 0) is 12.8 Å². The number of rotatable bonds is 1. The summed E-state index contributed by atoms with van der Waals surface area (Å²) in [6.45, 7) is 0. The largest absolute Gasteiger partial charge is 0.481 e. The number of carboxylic acid groups (broad SMARTS) is 1. The van der Waals surface area contributed by atoms with Gasteiger partial charge in [0.05, 0.1) is 5.92 Å². The van der Waals surface area contributed by atoms with Crippen LogP contribution in [0.4, 0.5) is 0 Å². The Kier molecular flexibility index (Phi) is 1.14. The van der Waals surface area contributed by atoms with Crippen molar-refractivity contribution in [3.8, 4) is 0 Å². The van der Waals surface area contributed by atoms with Crippen molar-refractivity contribution in [1.29, 1.82) is 0 Å². The average Bonchev–Trinajstić information content (AvgIpc) is 1.78. The topological polar surface area (TPSA) is 54.4 Å². The number of aliphatic carboxylic acids is 1. The molecule has 0 bridgehead atoms. The van der Waals surface area contributed by atoms with E-state index >= 15 is 0 Å². The minimum atomic E-state index is -0.788. The van der Waals surface area contributed by atoms with Crippen LogP contribution in [0.3, 0.4) is 0 Å². The molecule has 2 fully saturated rings. The Morgan fingerprint density at radius 1 is 1.55 bits per heavy atom. The fourth-order valence-electron chi connectivity index (χ4n) is 2.16. The fraction of sp³-hybridized carbons (Fsp3) is 0.750. The molecule has 0 heterocycles. The van der Waals surface area contributed by atoms with Crippen LogP contribution in [0.5, 0.6) is 0 Å². The van der Waals surface area contributed by atoms with Gasteiger partial charge in [-0.3, -0.25) is 9.59 Å². The van der Waals surface area contributed by atoms with Gasteiger partial charge in [0.25, 0.3) is 0 Å². The molecule has 1 atom stereocenters. The summed E-state index contributed by atoms with van der Waals surface area (Å²) in [5.41, 5.74) is -0.397. The molecular formula is C8H10O3. The Morgan fingerprint density at radius 3 is 2.36 bits per heavy atom. The van der Waals surface area contributed by atoms with Crippen LogP contribution in [-0.4, -0.2) is 16.9 Å². The lowest BCUT2D eigenvalue weighted by Crippen LogP contribution is -2.57. The third-order valence-electron chi connectivity index (χ3n) is 3.16. The molecule has 0 amide bonds. The van der Waals surface area contributed by atoms with Crippen molar-refractivity contribution in [2.45, 2.75) is 25.7 Å². The molecular weight excluding hydrogens is 144 g/mol. The molecule has 0 aromatic heterocycles. The highest BCUT2D eigenvalue weighted by atomic mass is 16.4. The van der Waals surface area contributed by atoms with Crippen molar-refractivity contribution in [3.05, 3.63) is 0 Å². The summed E-state index contributed by atoms with van der Waals surface area (Å²) in [7, 11) is 0. The van der Waals surface area contributed by atoms with E-state index in [1.165, 1.54) is 0 Å². The highest BCUT2D eigenvalue weighted by molar-refractivity contribution is 6.00. The zero-order valence-electron chi connectivity index (χ0n) is 6.17. The Labute approximate surface area is 64.4 Å². The van der Waals surface area contributed by atoms with Crippen LogP contribution < -0.4 is 0 Å². The van der Waals surface area contributed by atoms with E-state index in [2.05, 4.69) is 0 Å². The van der Waals surface area contributed by atoms with Gasteiger partial charge < -0.3 is 5.11 Å². The van der Waals surface area contributed by atoms with Crippen LogP contribution in [0.25, 0.3) is 0 Å². The molecule has 3 heteroatoms. The van der Waals surface area contributed by atoms with E-state index in [9.17, 15) is 9.59 Å². The summed E-state index contributed by atoms with van der Waals surface area (Å²) in [5.74, 6) is -0.968. The summed E-state index contributed by atoms with van der Waals surface area (Å²) >= 11 is 0. The van der Waals surface area contributed by atoms with Gasteiger partial charge in [-0.2, -0.15) is 0 Å². The SMILES string of the molecule is O=C(O)C1CC(=O)C12CCC2. The zero-order chi connectivity index (χ0) is 8.06. The first-order valence-corrected chi connectivity index (χ1v) is 3.93. The maximum atomic E-state index is 11.1. The summed E-state index contributed by atoms with van der Waals surface area (Å²) in [4.78, 5) is 21.7. The van der Waals surface area contributed by atoms with Gasteiger partial charge in [-0.25, -0.2) is 0 Å². The molecule has 0 aromatic rings. The molecule has 11 heavy (non-hydrogen) atoms. The Morgan fingerprint density at radius 2 is 2.18 bits per heavy atom. The Balaban J connectivity index is 2.17. The molecule has 1 N–H and O–H groups in total. The van der Waals surface area contributed by atoms with E-state index in [0.717, 1.165) is 19.3 Å². The molecule has 3 nitrogen and oxygen atoms in total. The molecule has 1 spiro atoms. The van der Waals surface area contributed by atoms with Gasteiger partial charge >= 0.3 is 5.97 Å². The lowest BCUT2D eigenvalue weighted by Gasteiger charge is -2.51. The predicted octanol–water partition coefficient (Wildman–Crippen LogP) is 0.830. The predicted molar refractivity (Wildman–Crippen MR) is 37.0 cm³/mol. The van der Waals surface area contributed by atoms with Crippen LogP contribution in [0, 0.1) is 11.3 Å². The smallest absolute Gasteiger partial charge is 0.307 e. The molecule has 2 rings (SSSR count). The number of Topliss-reactive ketones (excluding diaryl/α,β-unsaturated/α-hetero) is 1. The van der Waals surface area contributed by atoms with Gasteiger partial charge in [-0.1, -0.05) is 6.42 Å². The van der Waals surface area contributed by atoms with Crippen LogP contribution >= 0.6 is 0 Å². The standard InChI is InChI=1S/C8H10O3/c9-6-4-5(7(10)11)8(6)2-1-3-8/h5H,1-4H2,(H,10,11). The summed E-state index contributed by atoms with van der Waals surface area (Å²) < 4.78 is 0. The molecule has 2 aliphatic carbocycles. The summed E-state index contributed by atoms with van der Waals surface area (Å²) in [6, 6.07) is 0. The molecule has 60 valence electrons. The van der Waals surface area contributed by atoms with E-state index in [0.29, 0.717) is 0 Å². The van der Waals surface area contributed by atoms with Gasteiger partial charge in [0.1, 0.15) is 5.78 Å². The maximum Gasteiger partial charge on any atom is 0.307 e. The van der Waals surface area contributed by atoms with E-state index in [-0.39, 0.29) is 18.1 Å². The van der Waals surface area contributed by atoms with Crippen molar-refractivity contribution < 1.29 is 14.7 Å². The number of hydrogen-bond donors (Lipinski definition) is 1. The van der Waals surface area contributed by atoms with E-state index < -0.39 is 11.4 Å². The first-order valence-electron chi connectivity index (χ1n) is 3.93. The minimum absolute atomic E-state index is 0.177. The monoisotopic (exact) mass is 154 g/mol. The maximum absolute atomic E-state index is 11.1. The number of ketones is 1. The van der Waals surface area contributed by atoms with Gasteiger partial charge in [0.15, 0.2) is 0 Å². The van der Waals surface area contributed by atoms with Crippen molar-refractivity contribution in [3.63, 3.8) is 0 Å². The number of carbonyl (C=O) groups is 2. The molecule has 0 saturated heterocycles. The molecule has 2 saturated carbocycles. The molecule has 0 aromatic carbocycles. The first-order chi connectivity index (χ1) is 5.17. The average molecular weight is 154 g/mol. The van der Waals surface area contributed by atoms with Crippen LogP contribution in [0.1, 0.15) is 25.7 Å². The van der Waals surface area contributed by atoms with E-state index in [4.69, 9.17) is 5.11 Å². The number of carboxylic acids is 1. The fourth-order valence-corrected chi connectivity index (χ4v) is 2.16.